The molecule has 15 heavy (non-hydrogen) atoms. The zero-order valence-electron chi connectivity index (χ0n) is 9.46. The van der Waals surface area contributed by atoms with Crippen molar-refractivity contribution >= 4 is 33.6 Å². The number of rotatable bonds is 4. The van der Waals surface area contributed by atoms with E-state index in [1.807, 2.05) is 0 Å². The molecular formula is C11H20BrNOS. The number of carbonyl (C=O) groups excluding carboxylic acids is 1. The molecule has 2 atom stereocenters. The Morgan fingerprint density at radius 2 is 2.27 bits per heavy atom. The summed E-state index contributed by atoms with van der Waals surface area (Å²) in [7, 11) is 0. The summed E-state index contributed by atoms with van der Waals surface area (Å²) in [5, 5.41) is 3.23. The van der Waals surface area contributed by atoms with Gasteiger partial charge in [-0.1, -0.05) is 36.2 Å². The van der Waals surface area contributed by atoms with Crippen LogP contribution in [0.25, 0.3) is 0 Å². The Morgan fingerprint density at radius 1 is 1.53 bits per heavy atom. The second-order valence-corrected chi connectivity index (χ2v) is 6.85. The van der Waals surface area contributed by atoms with Gasteiger partial charge in [0, 0.05) is 11.4 Å². The van der Waals surface area contributed by atoms with Crippen LogP contribution in [-0.4, -0.2) is 28.3 Å². The van der Waals surface area contributed by atoms with E-state index < -0.39 is 0 Å². The van der Waals surface area contributed by atoms with Crippen LogP contribution in [0.5, 0.6) is 0 Å². The molecule has 1 fully saturated rings. The van der Waals surface area contributed by atoms with Gasteiger partial charge in [-0.15, -0.1) is 11.8 Å². The number of amides is 1. The van der Waals surface area contributed by atoms with Gasteiger partial charge < -0.3 is 5.32 Å². The van der Waals surface area contributed by atoms with Crippen LogP contribution in [0.1, 0.15) is 33.1 Å². The molecule has 88 valence electrons. The lowest BCUT2D eigenvalue weighted by molar-refractivity contribution is -0.120. The second-order valence-electron chi connectivity index (χ2n) is 4.36. The Hall–Kier alpha value is 0.300. The van der Waals surface area contributed by atoms with E-state index in [2.05, 4.69) is 35.1 Å². The van der Waals surface area contributed by atoms with E-state index in [1.54, 1.807) is 11.8 Å². The third-order valence-corrected chi connectivity index (χ3v) is 5.42. The van der Waals surface area contributed by atoms with Gasteiger partial charge in [-0.3, -0.25) is 4.79 Å². The molecule has 1 N–H and O–H groups in total. The van der Waals surface area contributed by atoms with Crippen LogP contribution >= 0.6 is 27.7 Å². The van der Waals surface area contributed by atoms with E-state index in [9.17, 15) is 4.79 Å². The van der Waals surface area contributed by atoms with Crippen LogP contribution in [0.4, 0.5) is 0 Å². The first kappa shape index (κ1) is 13.4. The normalized spacial score (nSPS) is 23.9. The molecular weight excluding hydrogens is 274 g/mol. The van der Waals surface area contributed by atoms with Crippen LogP contribution in [0, 0.1) is 5.92 Å². The lowest BCUT2D eigenvalue weighted by Crippen LogP contribution is -2.38. The summed E-state index contributed by atoms with van der Waals surface area (Å²) in [5.41, 5.74) is 0. The van der Waals surface area contributed by atoms with E-state index in [4.69, 9.17) is 0 Å². The molecule has 0 aliphatic carbocycles. The van der Waals surface area contributed by atoms with Crippen molar-refractivity contribution in [1.82, 2.24) is 5.32 Å². The lowest BCUT2D eigenvalue weighted by Gasteiger charge is -2.22. The molecule has 0 spiro atoms. The van der Waals surface area contributed by atoms with Gasteiger partial charge in [0.15, 0.2) is 0 Å². The largest absolute Gasteiger partial charge is 0.354 e. The van der Waals surface area contributed by atoms with E-state index in [-0.39, 0.29) is 11.2 Å². The topological polar surface area (TPSA) is 29.1 Å². The van der Waals surface area contributed by atoms with Crippen molar-refractivity contribution in [3.8, 4) is 0 Å². The first-order valence-electron chi connectivity index (χ1n) is 5.64. The predicted molar refractivity (Wildman–Crippen MR) is 70.7 cm³/mol. The van der Waals surface area contributed by atoms with Crippen LogP contribution in [0.3, 0.4) is 0 Å². The zero-order chi connectivity index (χ0) is 11.3. The smallest absolute Gasteiger partial charge is 0.233 e. The maximum Gasteiger partial charge on any atom is 0.233 e. The SMILES string of the molecule is CC(C)C(Br)CNC(=O)C1CCCCS1. The fourth-order valence-corrected chi connectivity index (χ4v) is 2.88. The first-order valence-corrected chi connectivity index (χ1v) is 7.61. The fraction of sp³-hybridized carbons (Fsp3) is 0.909. The van der Waals surface area contributed by atoms with Gasteiger partial charge in [-0.25, -0.2) is 0 Å². The number of thioether (sulfide) groups is 1. The summed E-state index contributed by atoms with van der Waals surface area (Å²) in [6, 6.07) is 0. The summed E-state index contributed by atoms with van der Waals surface area (Å²) in [6.07, 6.45) is 3.51. The van der Waals surface area contributed by atoms with E-state index in [0.29, 0.717) is 10.7 Å². The van der Waals surface area contributed by atoms with Gasteiger partial charge in [0.1, 0.15) is 0 Å². The average Bonchev–Trinajstić information content (AvgIpc) is 2.26. The number of halogens is 1. The number of hydrogen-bond acceptors (Lipinski definition) is 2. The van der Waals surface area contributed by atoms with Gasteiger partial charge in [-0.2, -0.15) is 0 Å². The number of carbonyl (C=O) groups is 1. The van der Waals surface area contributed by atoms with Crippen LogP contribution < -0.4 is 5.32 Å². The molecule has 0 aromatic heterocycles. The highest BCUT2D eigenvalue weighted by Gasteiger charge is 2.22. The van der Waals surface area contributed by atoms with E-state index in [0.717, 1.165) is 18.7 Å². The summed E-state index contributed by atoms with van der Waals surface area (Å²) in [6.45, 7) is 5.05. The molecule has 2 nitrogen and oxygen atoms in total. The molecule has 0 radical (unpaired) electrons. The lowest BCUT2D eigenvalue weighted by atomic mass is 10.1. The van der Waals surface area contributed by atoms with Crippen molar-refractivity contribution in [3.63, 3.8) is 0 Å². The quantitative estimate of drug-likeness (QED) is 0.808. The molecule has 0 saturated carbocycles. The van der Waals surface area contributed by atoms with Gasteiger partial charge in [-0.05, 0) is 24.5 Å². The van der Waals surface area contributed by atoms with Gasteiger partial charge in [0.2, 0.25) is 5.91 Å². The van der Waals surface area contributed by atoms with Gasteiger partial charge in [0.25, 0.3) is 0 Å². The van der Waals surface area contributed by atoms with Crippen molar-refractivity contribution in [1.29, 1.82) is 0 Å². The Morgan fingerprint density at radius 3 is 2.80 bits per heavy atom. The minimum atomic E-state index is 0.200. The highest BCUT2D eigenvalue weighted by atomic mass is 79.9. The minimum absolute atomic E-state index is 0.200. The number of hydrogen-bond donors (Lipinski definition) is 1. The van der Waals surface area contributed by atoms with Crippen molar-refractivity contribution in [3.05, 3.63) is 0 Å². The zero-order valence-corrected chi connectivity index (χ0v) is 11.9. The molecule has 1 aliphatic rings. The van der Waals surface area contributed by atoms with Crippen LogP contribution in [0.2, 0.25) is 0 Å². The molecule has 4 heteroatoms. The highest BCUT2D eigenvalue weighted by Crippen LogP contribution is 2.25. The molecule has 1 saturated heterocycles. The van der Waals surface area contributed by atoms with Crippen LogP contribution in [0.15, 0.2) is 0 Å². The summed E-state index contributed by atoms with van der Waals surface area (Å²) >= 11 is 5.38. The monoisotopic (exact) mass is 293 g/mol. The third kappa shape index (κ3) is 4.77. The maximum absolute atomic E-state index is 11.8. The average molecular weight is 294 g/mol. The van der Waals surface area contributed by atoms with E-state index in [1.165, 1.54) is 12.8 Å². The Labute approximate surface area is 105 Å². The standard InChI is InChI=1S/C11H20BrNOS/c1-8(2)9(12)7-13-11(14)10-5-3-4-6-15-10/h8-10H,3-7H2,1-2H3,(H,13,14). The van der Waals surface area contributed by atoms with Gasteiger partial charge >= 0.3 is 0 Å². The molecule has 0 aromatic rings. The molecule has 1 amide bonds. The van der Waals surface area contributed by atoms with Crippen LogP contribution in [-0.2, 0) is 4.79 Å². The highest BCUT2D eigenvalue weighted by molar-refractivity contribution is 9.09. The summed E-state index contributed by atoms with van der Waals surface area (Å²) in [4.78, 5) is 12.2. The molecule has 1 heterocycles. The van der Waals surface area contributed by atoms with Gasteiger partial charge in [0.05, 0.1) is 5.25 Å². The van der Waals surface area contributed by atoms with E-state index >= 15 is 0 Å². The molecule has 2 unspecified atom stereocenters. The second kappa shape index (κ2) is 6.79. The fourth-order valence-electron chi connectivity index (χ4n) is 1.50. The summed E-state index contributed by atoms with van der Waals surface area (Å²) in [5.74, 6) is 1.93. The molecule has 0 bridgehead atoms. The molecule has 0 aromatic carbocycles. The third-order valence-electron chi connectivity index (χ3n) is 2.67. The Kier molecular flexibility index (Phi) is 6.05. The Balaban J connectivity index is 2.22. The van der Waals surface area contributed by atoms with Crippen molar-refractivity contribution in [2.75, 3.05) is 12.3 Å². The Bertz CT molecular complexity index is 205. The molecule has 1 rings (SSSR count). The maximum atomic E-state index is 11.8. The minimum Gasteiger partial charge on any atom is -0.354 e. The summed E-state index contributed by atoms with van der Waals surface area (Å²) < 4.78 is 0. The van der Waals surface area contributed by atoms with Crippen molar-refractivity contribution in [2.45, 2.75) is 43.2 Å². The first-order chi connectivity index (χ1) is 7.11. The van der Waals surface area contributed by atoms with Crippen molar-refractivity contribution < 1.29 is 4.79 Å². The molecule has 1 aliphatic heterocycles. The predicted octanol–water partition coefficient (Wildman–Crippen LogP) is 2.81. The number of nitrogens with one attached hydrogen (secondary N) is 1. The van der Waals surface area contributed by atoms with Crippen molar-refractivity contribution in [2.24, 2.45) is 5.92 Å². The number of alkyl halides is 1.